The Morgan fingerprint density at radius 3 is 2.40 bits per heavy atom. The standard InChI is InChI=1S/C5H5ClF3S/c1-10-3-2-4(6)5(7,8)9/h2H,1,3H2. The summed E-state index contributed by atoms with van der Waals surface area (Å²) in [5.41, 5.74) is 0. The first-order valence-corrected chi connectivity index (χ1v) is 3.81. The molecule has 0 aliphatic rings. The van der Waals surface area contributed by atoms with Crippen LogP contribution in [-0.4, -0.2) is 11.9 Å². The topological polar surface area (TPSA) is 0 Å². The maximum atomic E-state index is 11.5. The fourth-order valence-electron chi connectivity index (χ4n) is 0.248. The summed E-state index contributed by atoms with van der Waals surface area (Å²) < 4.78 is 34.6. The summed E-state index contributed by atoms with van der Waals surface area (Å²) in [6.07, 6.45) is -0.232. The van der Waals surface area contributed by atoms with Crippen LogP contribution < -0.4 is 0 Å². The maximum absolute atomic E-state index is 11.5. The lowest BCUT2D eigenvalue weighted by Crippen LogP contribution is -2.06. The van der Waals surface area contributed by atoms with Gasteiger partial charge in [0.15, 0.2) is 0 Å². The van der Waals surface area contributed by atoms with Crippen molar-refractivity contribution in [2.24, 2.45) is 0 Å². The molecule has 1 radical (unpaired) electrons. The molecule has 0 atom stereocenters. The van der Waals surface area contributed by atoms with Crippen LogP contribution >= 0.6 is 23.4 Å². The van der Waals surface area contributed by atoms with Gasteiger partial charge in [-0.15, -0.1) is 0 Å². The second kappa shape index (κ2) is 4.13. The fourth-order valence-corrected chi connectivity index (χ4v) is 0.701. The number of allylic oxidation sites excluding steroid dienone is 1. The smallest absolute Gasteiger partial charge is 0.165 e. The van der Waals surface area contributed by atoms with E-state index in [0.29, 0.717) is 0 Å². The summed E-state index contributed by atoms with van der Waals surface area (Å²) in [5.74, 6) is 0.179. The Morgan fingerprint density at radius 2 is 2.10 bits per heavy atom. The first-order chi connectivity index (χ1) is 4.48. The van der Waals surface area contributed by atoms with Crippen molar-refractivity contribution in [3.8, 4) is 0 Å². The van der Waals surface area contributed by atoms with E-state index in [-0.39, 0.29) is 5.75 Å². The van der Waals surface area contributed by atoms with Gasteiger partial charge in [0.05, 0.1) is 0 Å². The lowest BCUT2D eigenvalue weighted by molar-refractivity contribution is -0.0846. The number of thioether (sulfide) groups is 1. The van der Waals surface area contributed by atoms with Gasteiger partial charge in [0.1, 0.15) is 5.03 Å². The molecule has 0 spiro atoms. The largest absolute Gasteiger partial charge is 0.426 e. The molecule has 5 heteroatoms. The van der Waals surface area contributed by atoms with Crippen LogP contribution in [0.1, 0.15) is 0 Å². The molecule has 0 saturated carbocycles. The second-order valence-electron chi connectivity index (χ2n) is 1.42. The average molecular weight is 190 g/mol. The zero-order chi connectivity index (χ0) is 8.20. The van der Waals surface area contributed by atoms with E-state index in [4.69, 9.17) is 11.6 Å². The van der Waals surface area contributed by atoms with Crippen LogP contribution in [0.25, 0.3) is 0 Å². The third kappa shape index (κ3) is 4.06. The van der Waals surface area contributed by atoms with Crippen molar-refractivity contribution in [2.45, 2.75) is 6.18 Å². The molecule has 0 N–H and O–H groups in total. The number of hydrogen-bond donors (Lipinski definition) is 0. The van der Waals surface area contributed by atoms with E-state index in [9.17, 15) is 13.2 Å². The molecule has 0 rings (SSSR count). The zero-order valence-electron chi connectivity index (χ0n) is 4.91. The molecule has 0 aromatic heterocycles. The fraction of sp³-hybridized carbons (Fsp3) is 0.400. The molecule has 0 nitrogen and oxygen atoms in total. The van der Waals surface area contributed by atoms with E-state index in [1.165, 1.54) is 0 Å². The monoisotopic (exact) mass is 189 g/mol. The first-order valence-electron chi connectivity index (χ1n) is 2.28. The average Bonchev–Trinajstić information content (AvgIpc) is 1.80. The highest BCUT2D eigenvalue weighted by Gasteiger charge is 2.31. The van der Waals surface area contributed by atoms with Crippen LogP contribution in [0.15, 0.2) is 11.1 Å². The molecule has 0 amide bonds. The highest BCUT2D eigenvalue weighted by Crippen LogP contribution is 2.28. The van der Waals surface area contributed by atoms with Crippen molar-refractivity contribution in [2.75, 3.05) is 5.75 Å². The Kier molecular flexibility index (Phi) is 4.20. The molecular weight excluding hydrogens is 185 g/mol. The lowest BCUT2D eigenvalue weighted by atomic mass is 10.5. The minimum Gasteiger partial charge on any atom is -0.165 e. The third-order valence-corrected chi connectivity index (χ3v) is 1.42. The van der Waals surface area contributed by atoms with Gasteiger partial charge in [0, 0.05) is 12.0 Å². The van der Waals surface area contributed by atoms with E-state index in [0.717, 1.165) is 17.8 Å². The molecule has 0 fully saturated rings. The quantitative estimate of drug-likeness (QED) is 0.643. The van der Waals surface area contributed by atoms with Crippen LogP contribution in [0.4, 0.5) is 13.2 Å². The number of rotatable bonds is 2. The molecule has 0 aliphatic heterocycles. The SMILES string of the molecule is [CH2]SCC=C(Cl)C(F)(F)F. The van der Waals surface area contributed by atoms with E-state index in [1.807, 2.05) is 0 Å². The molecule has 0 saturated heterocycles. The summed E-state index contributed by atoms with van der Waals surface area (Å²) in [5, 5.41) is -1.08. The van der Waals surface area contributed by atoms with Gasteiger partial charge in [0.2, 0.25) is 0 Å². The van der Waals surface area contributed by atoms with Crippen molar-refractivity contribution < 1.29 is 13.2 Å². The predicted molar refractivity (Wildman–Crippen MR) is 37.8 cm³/mol. The first kappa shape index (κ1) is 10.2. The number of alkyl halides is 3. The molecule has 0 bridgehead atoms. The molecule has 0 unspecified atom stereocenters. The van der Waals surface area contributed by atoms with Crippen molar-refractivity contribution in [3.05, 3.63) is 17.4 Å². The van der Waals surface area contributed by atoms with E-state index < -0.39 is 11.2 Å². The normalized spacial score (nSPS) is 13.9. The van der Waals surface area contributed by atoms with Crippen molar-refractivity contribution in [3.63, 3.8) is 0 Å². The lowest BCUT2D eigenvalue weighted by Gasteiger charge is -2.02. The van der Waals surface area contributed by atoms with E-state index in [2.05, 4.69) is 6.26 Å². The molecule has 0 heterocycles. The van der Waals surface area contributed by atoms with Gasteiger partial charge < -0.3 is 0 Å². The maximum Gasteiger partial charge on any atom is 0.426 e. The van der Waals surface area contributed by atoms with Crippen LogP contribution in [0, 0.1) is 6.26 Å². The summed E-state index contributed by atoms with van der Waals surface area (Å²) in [4.78, 5) is 0. The number of halogens is 4. The molecular formula is C5H5ClF3S. The molecule has 0 aliphatic carbocycles. The summed E-state index contributed by atoms with van der Waals surface area (Å²) >= 11 is 5.87. The van der Waals surface area contributed by atoms with Crippen molar-refractivity contribution >= 4 is 23.4 Å². The van der Waals surface area contributed by atoms with Gasteiger partial charge in [0.25, 0.3) is 0 Å². The highest BCUT2D eigenvalue weighted by molar-refractivity contribution is 8.00. The molecule has 0 aromatic rings. The van der Waals surface area contributed by atoms with Gasteiger partial charge in [-0.1, -0.05) is 17.7 Å². The van der Waals surface area contributed by atoms with Gasteiger partial charge >= 0.3 is 6.18 Å². The van der Waals surface area contributed by atoms with Gasteiger partial charge in [-0.2, -0.15) is 24.9 Å². The zero-order valence-corrected chi connectivity index (χ0v) is 6.48. The Labute approximate surface area is 66.4 Å². The van der Waals surface area contributed by atoms with Crippen LogP contribution in [-0.2, 0) is 0 Å². The Bertz CT molecular complexity index is 129. The Hall–Kier alpha value is 0.170. The predicted octanol–water partition coefficient (Wildman–Crippen LogP) is 3.20. The van der Waals surface area contributed by atoms with Crippen molar-refractivity contribution in [1.82, 2.24) is 0 Å². The Balaban J connectivity index is 3.93. The summed E-state index contributed by atoms with van der Waals surface area (Å²) in [6.45, 7) is 0. The van der Waals surface area contributed by atoms with E-state index in [1.54, 1.807) is 0 Å². The molecule has 10 heavy (non-hydrogen) atoms. The molecule has 59 valence electrons. The minimum atomic E-state index is -4.41. The third-order valence-electron chi connectivity index (χ3n) is 0.651. The summed E-state index contributed by atoms with van der Waals surface area (Å²) in [7, 11) is 0. The molecule has 0 aromatic carbocycles. The van der Waals surface area contributed by atoms with Crippen LogP contribution in [0.3, 0.4) is 0 Å². The van der Waals surface area contributed by atoms with E-state index >= 15 is 0 Å². The van der Waals surface area contributed by atoms with Gasteiger partial charge in [-0.25, -0.2) is 0 Å². The van der Waals surface area contributed by atoms with Crippen LogP contribution in [0.5, 0.6) is 0 Å². The van der Waals surface area contributed by atoms with Crippen molar-refractivity contribution in [1.29, 1.82) is 0 Å². The highest BCUT2D eigenvalue weighted by atomic mass is 35.5. The van der Waals surface area contributed by atoms with Crippen LogP contribution in [0.2, 0.25) is 0 Å². The number of hydrogen-bond acceptors (Lipinski definition) is 1. The second-order valence-corrected chi connectivity index (χ2v) is 2.57. The van der Waals surface area contributed by atoms with Gasteiger partial charge in [-0.3, -0.25) is 0 Å². The van der Waals surface area contributed by atoms with Gasteiger partial charge in [-0.05, 0) is 0 Å². The summed E-state index contributed by atoms with van der Waals surface area (Å²) in [6, 6.07) is 0. The Morgan fingerprint density at radius 1 is 1.60 bits per heavy atom. The minimum absolute atomic E-state index is 0.179.